The normalized spacial score (nSPS) is 14.6. The third-order valence-corrected chi connectivity index (χ3v) is 8.29. The summed E-state index contributed by atoms with van der Waals surface area (Å²) in [6, 6.07) is 21.0. The van der Waals surface area contributed by atoms with Crippen LogP contribution in [-0.2, 0) is 14.9 Å². The fourth-order valence-corrected chi connectivity index (χ4v) is 5.75. The van der Waals surface area contributed by atoms with E-state index in [4.69, 9.17) is 16.3 Å². The number of Topliss-reactive ketones (excluding diaryl/α,β-unsaturated/α-hetero) is 1. The quantitative estimate of drug-likeness (QED) is 0.249. The van der Waals surface area contributed by atoms with Crippen molar-refractivity contribution in [1.82, 2.24) is 0 Å². The van der Waals surface area contributed by atoms with Crippen LogP contribution in [0.15, 0.2) is 72.8 Å². The molecule has 3 aromatic carbocycles. The molecule has 4 nitrogen and oxygen atoms in total. The summed E-state index contributed by atoms with van der Waals surface area (Å²) >= 11 is 7.58. The van der Waals surface area contributed by atoms with E-state index in [0.29, 0.717) is 15.6 Å². The Labute approximate surface area is 228 Å². The highest BCUT2D eigenvalue weighted by Crippen LogP contribution is 2.49. The number of amides is 1. The molecule has 8 heteroatoms. The van der Waals surface area contributed by atoms with Crippen molar-refractivity contribution in [3.8, 4) is 21.6 Å². The molecule has 1 atom stereocenters. The van der Waals surface area contributed by atoms with Crippen LogP contribution in [0.25, 0.3) is 21.6 Å². The Hall–Kier alpha value is -3.55. The van der Waals surface area contributed by atoms with E-state index in [9.17, 15) is 18.4 Å². The zero-order valence-corrected chi connectivity index (χ0v) is 22.3. The third kappa shape index (κ3) is 5.22. The third-order valence-electron chi connectivity index (χ3n) is 6.98. The highest BCUT2D eigenvalue weighted by Gasteiger charge is 2.48. The highest BCUT2D eigenvalue weighted by molar-refractivity contribution is 7.20. The fourth-order valence-electron chi connectivity index (χ4n) is 4.57. The van der Waals surface area contributed by atoms with Crippen LogP contribution >= 0.6 is 22.9 Å². The lowest BCUT2D eigenvalue weighted by Gasteiger charge is -2.15. The number of halogens is 3. The van der Waals surface area contributed by atoms with Gasteiger partial charge in [-0.2, -0.15) is 0 Å². The van der Waals surface area contributed by atoms with E-state index in [1.54, 1.807) is 19.9 Å². The van der Waals surface area contributed by atoms with Gasteiger partial charge in [-0.05, 0) is 72.7 Å². The monoisotopic (exact) mass is 551 g/mol. The standard InChI is InChI=1S/C30H24ClF2NO3S/c1-17(22-9-12-24(32)25(33)15-22)37-29(36)34-26-16-27(31)38-28(26)21-5-3-19(4-6-21)20-7-10-23(11-8-20)30(13-14-30)18(2)35/h3-12,15-17H,13-14H2,1-2H3,(H,34,36)/t17-/m1/s1. The number of benzene rings is 3. The van der Waals surface area contributed by atoms with Gasteiger partial charge in [-0.3, -0.25) is 10.1 Å². The smallest absolute Gasteiger partial charge is 0.412 e. The molecule has 1 fully saturated rings. The molecule has 1 N–H and O–H groups in total. The lowest BCUT2D eigenvalue weighted by atomic mass is 9.90. The number of hydrogen-bond donors (Lipinski definition) is 1. The molecule has 0 aliphatic heterocycles. The second kappa shape index (κ2) is 10.3. The van der Waals surface area contributed by atoms with Crippen LogP contribution in [0.3, 0.4) is 0 Å². The zero-order chi connectivity index (χ0) is 27.0. The Morgan fingerprint density at radius 1 is 0.921 bits per heavy atom. The fraction of sp³-hybridized carbons (Fsp3) is 0.200. The maximum atomic E-state index is 13.5. The first kappa shape index (κ1) is 26.1. The summed E-state index contributed by atoms with van der Waals surface area (Å²) in [6.07, 6.45) is 0.285. The van der Waals surface area contributed by atoms with Crippen molar-refractivity contribution >= 4 is 40.5 Å². The molecular formula is C30H24ClF2NO3S. The second-order valence-electron chi connectivity index (χ2n) is 9.43. The van der Waals surface area contributed by atoms with Crippen molar-refractivity contribution in [3.05, 3.63) is 99.9 Å². The summed E-state index contributed by atoms with van der Waals surface area (Å²) in [5.74, 6) is -1.76. The Bertz CT molecular complexity index is 1510. The van der Waals surface area contributed by atoms with Crippen molar-refractivity contribution < 1.29 is 23.1 Å². The minimum absolute atomic E-state index is 0.219. The first-order chi connectivity index (χ1) is 18.2. The van der Waals surface area contributed by atoms with Crippen LogP contribution < -0.4 is 5.32 Å². The van der Waals surface area contributed by atoms with E-state index in [2.05, 4.69) is 5.32 Å². The van der Waals surface area contributed by atoms with Crippen LogP contribution in [0.2, 0.25) is 4.34 Å². The Morgan fingerprint density at radius 3 is 2.11 bits per heavy atom. The maximum absolute atomic E-state index is 13.5. The van der Waals surface area contributed by atoms with Crippen molar-refractivity contribution in [3.63, 3.8) is 0 Å². The van der Waals surface area contributed by atoms with Gasteiger partial charge in [0.05, 0.1) is 20.3 Å². The average molecular weight is 552 g/mol. The van der Waals surface area contributed by atoms with Gasteiger partial charge < -0.3 is 4.74 Å². The van der Waals surface area contributed by atoms with Crippen molar-refractivity contribution in [2.24, 2.45) is 0 Å². The Balaban J connectivity index is 1.29. The van der Waals surface area contributed by atoms with E-state index in [-0.39, 0.29) is 11.2 Å². The topological polar surface area (TPSA) is 55.4 Å². The van der Waals surface area contributed by atoms with Gasteiger partial charge in [-0.25, -0.2) is 13.6 Å². The minimum atomic E-state index is -1.01. The maximum Gasteiger partial charge on any atom is 0.412 e. The zero-order valence-electron chi connectivity index (χ0n) is 20.7. The van der Waals surface area contributed by atoms with Gasteiger partial charge >= 0.3 is 6.09 Å². The number of hydrogen-bond acceptors (Lipinski definition) is 4. The van der Waals surface area contributed by atoms with Crippen LogP contribution in [-0.4, -0.2) is 11.9 Å². The number of carbonyl (C=O) groups excluding carboxylic acids is 2. The van der Waals surface area contributed by atoms with Gasteiger partial charge in [0.25, 0.3) is 0 Å². The van der Waals surface area contributed by atoms with Gasteiger partial charge in [0, 0.05) is 0 Å². The van der Waals surface area contributed by atoms with Crippen molar-refractivity contribution in [1.29, 1.82) is 0 Å². The number of rotatable bonds is 7. The van der Waals surface area contributed by atoms with Crippen LogP contribution in [0.1, 0.15) is 43.9 Å². The van der Waals surface area contributed by atoms with E-state index >= 15 is 0 Å². The van der Waals surface area contributed by atoms with Gasteiger partial charge in [0.2, 0.25) is 0 Å². The van der Waals surface area contributed by atoms with Crippen molar-refractivity contribution in [2.45, 2.75) is 38.2 Å². The van der Waals surface area contributed by atoms with Gasteiger partial charge in [-0.15, -0.1) is 11.3 Å². The molecule has 0 saturated heterocycles. The van der Waals surface area contributed by atoms with Gasteiger partial charge in [0.1, 0.15) is 11.9 Å². The molecule has 1 aliphatic rings. The molecule has 1 aliphatic carbocycles. The molecular weight excluding hydrogens is 528 g/mol. The summed E-state index contributed by atoms with van der Waals surface area (Å²) < 4.78 is 32.6. The molecule has 1 aromatic heterocycles. The molecule has 1 saturated carbocycles. The van der Waals surface area contributed by atoms with Gasteiger partial charge in [0.15, 0.2) is 11.6 Å². The molecule has 194 valence electrons. The van der Waals surface area contributed by atoms with E-state index in [1.165, 1.54) is 17.4 Å². The number of anilines is 1. The first-order valence-electron chi connectivity index (χ1n) is 12.1. The molecule has 38 heavy (non-hydrogen) atoms. The van der Waals surface area contributed by atoms with Crippen LogP contribution in [0, 0.1) is 11.6 Å². The number of thiophene rings is 1. The minimum Gasteiger partial charge on any atom is -0.441 e. The Kier molecular flexibility index (Phi) is 7.07. The summed E-state index contributed by atoms with van der Waals surface area (Å²) in [5.41, 5.74) is 4.51. The molecule has 1 heterocycles. The molecule has 0 bridgehead atoms. The molecule has 0 spiro atoms. The molecule has 0 unspecified atom stereocenters. The molecule has 4 aromatic rings. The summed E-state index contributed by atoms with van der Waals surface area (Å²) in [7, 11) is 0. The predicted octanol–water partition coefficient (Wildman–Crippen LogP) is 8.94. The largest absolute Gasteiger partial charge is 0.441 e. The molecule has 5 rings (SSSR count). The van der Waals surface area contributed by atoms with Crippen LogP contribution in [0.5, 0.6) is 0 Å². The molecule has 1 amide bonds. The van der Waals surface area contributed by atoms with Crippen molar-refractivity contribution in [2.75, 3.05) is 5.32 Å². The first-order valence-corrected chi connectivity index (χ1v) is 13.3. The van der Waals surface area contributed by atoms with Crippen LogP contribution in [0.4, 0.5) is 19.3 Å². The summed E-state index contributed by atoms with van der Waals surface area (Å²) in [5, 5.41) is 2.71. The number of nitrogens with one attached hydrogen (secondary N) is 1. The number of carbonyl (C=O) groups is 2. The number of ketones is 1. The SMILES string of the molecule is CC(=O)C1(c2ccc(-c3ccc(-c4sc(Cl)cc4NC(=O)O[C@H](C)c4ccc(F)c(F)c4)cc3)cc2)CC1. The Morgan fingerprint density at radius 2 is 1.53 bits per heavy atom. The second-order valence-corrected chi connectivity index (χ2v) is 11.1. The summed E-state index contributed by atoms with van der Waals surface area (Å²) in [4.78, 5) is 25.3. The average Bonchev–Trinajstić information content (AvgIpc) is 3.64. The highest BCUT2D eigenvalue weighted by atomic mass is 35.5. The summed E-state index contributed by atoms with van der Waals surface area (Å²) in [6.45, 7) is 3.23. The molecule has 0 radical (unpaired) electrons. The predicted molar refractivity (Wildman–Crippen MR) is 147 cm³/mol. The lowest BCUT2D eigenvalue weighted by Crippen LogP contribution is -2.16. The van der Waals surface area contributed by atoms with E-state index in [0.717, 1.165) is 52.1 Å². The lowest BCUT2D eigenvalue weighted by molar-refractivity contribution is -0.119. The van der Waals surface area contributed by atoms with Gasteiger partial charge in [-0.1, -0.05) is 66.2 Å². The number of ether oxygens (including phenoxy) is 1. The van der Waals surface area contributed by atoms with E-state index < -0.39 is 23.8 Å². The van der Waals surface area contributed by atoms with E-state index in [1.807, 2.05) is 48.5 Å².